The molecule has 1 heterocycles. The van der Waals surface area contributed by atoms with Gasteiger partial charge in [-0.05, 0) is 7.05 Å². The van der Waals surface area contributed by atoms with Gasteiger partial charge >= 0.3 is 5.97 Å². The number of nitrogens with zero attached hydrogens (tertiary/aromatic N) is 1. The molecule has 120 valence electrons. The molecule has 5 N–H and O–H groups in total. The maximum absolute atomic E-state index is 11.2. The summed E-state index contributed by atoms with van der Waals surface area (Å²) >= 11 is 0. The zero-order valence-electron chi connectivity index (χ0n) is 12.3. The molecular weight excluding hydrogens is 290 g/mol. The van der Waals surface area contributed by atoms with Crippen LogP contribution >= 0.6 is 0 Å². The third kappa shape index (κ3) is 5.71. The van der Waals surface area contributed by atoms with Crippen molar-refractivity contribution in [2.45, 2.75) is 12.5 Å². The summed E-state index contributed by atoms with van der Waals surface area (Å²) < 4.78 is 4.62. The Morgan fingerprint density at radius 2 is 1.82 bits per heavy atom. The number of benzene rings is 1. The topological polar surface area (TPSA) is 128 Å². The van der Waals surface area contributed by atoms with Crippen LogP contribution in [0.4, 0.5) is 0 Å². The van der Waals surface area contributed by atoms with Crippen molar-refractivity contribution in [1.82, 2.24) is 15.3 Å². The molecule has 0 aliphatic heterocycles. The number of phenolic OH excluding ortho intramolecular Hbond substituents is 3. The van der Waals surface area contributed by atoms with Crippen LogP contribution in [-0.4, -0.2) is 51.5 Å². The summed E-state index contributed by atoms with van der Waals surface area (Å²) in [4.78, 5) is 17.9. The molecule has 0 fully saturated rings. The van der Waals surface area contributed by atoms with Gasteiger partial charge in [0.2, 0.25) is 0 Å². The first kappa shape index (κ1) is 17.3. The fourth-order valence-electron chi connectivity index (χ4n) is 1.64. The molecule has 1 aromatic heterocycles. The number of imidazole rings is 1. The molecule has 1 unspecified atom stereocenters. The lowest BCUT2D eigenvalue weighted by atomic mass is 10.2. The Labute approximate surface area is 127 Å². The summed E-state index contributed by atoms with van der Waals surface area (Å²) in [7, 11) is 3.09. The van der Waals surface area contributed by atoms with E-state index in [1.165, 1.54) is 7.11 Å². The molecule has 1 atom stereocenters. The summed E-state index contributed by atoms with van der Waals surface area (Å²) in [6.45, 7) is 0. The van der Waals surface area contributed by atoms with Crippen LogP contribution in [0, 0.1) is 0 Å². The predicted molar refractivity (Wildman–Crippen MR) is 78.6 cm³/mol. The number of nitrogens with one attached hydrogen (secondary N) is 2. The monoisotopic (exact) mass is 309 g/mol. The highest BCUT2D eigenvalue weighted by Crippen LogP contribution is 2.23. The zero-order valence-corrected chi connectivity index (χ0v) is 12.3. The van der Waals surface area contributed by atoms with Gasteiger partial charge in [0.15, 0.2) is 0 Å². The molecule has 0 saturated carbocycles. The van der Waals surface area contributed by atoms with E-state index in [0.717, 1.165) is 23.9 Å². The molecule has 2 aromatic rings. The maximum Gasteiger partial charge on any atom is 0.323 e. The van der Waals surface area contributed by atoms with Gasteiger partial charge in [0.05, 0.1) is 13.4 Å². The van der Waals surface area contributed by atoms with E-state index >= 15 is 0 Å². The number of methoxy groups -OCH3 is 1. The second kappa shape index (κ2) is 8.53. The smallest absolute Gasteiger partial charge is 0.323 e. The van der Waals surface area contributed by atoms with Gasteiger partial charge in [-0.3, -0.25) is 4.79 Å². The molecule has 0 spiro atoms. The number of hydrogen-bond donors (Lipinski definition) is 5. The molecule has 1 aromatic carbocycles. The third-order valence-electron chi connectivity index (χ3n) is 2.70. The summed E-state index contributed by atoms with van der Waals surface area (Å²) in [6, 6.07) is 3.10. The molecule has 22 heavy (non-hydrogen) atoms. The first-order chi connectivity index (χ1) is 10.5. The van der Waals surface area contributed by atoms with Gasteiger partial charge in [0.25, 0.3) is 0 Å². The number of rotatable bonds is 4. The zero-order chi connectivity index (χ0) is 16.5. The second-order valence-corrected chi connectivity index (χ2v) is 4.35. The van der Waals surface area contributed by atoms with Crippen LogP contribution in [0.15, 0.2) is 30.7 Å². The van der Waals surface area contributed by atoms with E-state index in [2.05, 4.69) is 20.0 Å². The number of carbonyl (C=O) groups excluding carboxylic acids is 1. The first-order valence-electron chi connectivity index (χ1n) is 6.40. The van der Waals surface area contributed by atoms with Crippen molar-refractivity contribution in [3.05, 3.63) is 36.4 Å². The fourth-order valence-corrected chi connectivity index (χ4v) is 1.64. The van der Waals surface area contributed by atoms with E-state index in [4.69, 9.17) is 15.3 Å². The maximum atomic E-state index is 11.2. The SMILES string of the molecule is CNC(Cc1cnc[nH]1)C(=O)OC.Oc1cc(O)cc(O)c1. The molecule has 8 nitrogen and oxygen atoms in total. The van der Waals surface area contributed by atoms with Crippen molar-refractivity contribution in [1.29, 1.82) is 0 Å². The molecular formula is C14H19N3O5. The Morgan fingerprint density at radius 3 is 2.18 bits per heavy atom. The van der Waals surface area contributed by atoms with Crippen LogP contribution in [-0.2, 0) is 16.0 Å². The Balaban J connectivity index is 0.000000235. The van der Waals surface area contributed by atoms with Crippen LogP contribution in [0.25, 0.3) is 0 Å². The number of aromatic nitrogens is 2. The van der Waals surface area contributed by atoms with Gasteiger partial charge in [-0.25, -0.2) is 4.98 Å². The number of carbonyl (C=O) groups is 1. The van der Waals surface area contributed by atoms with Crippen molar-refractivity contribution in [3.63, 3.8) is 0 Å². The van der Waals surface area contributed by atoms with E-state index in [1.807, 2.05) is 0 Å². The molecule has 0 radical (unpaired) electrons. The van der Waals surface area contributed by atoms with Gasteiger partial charge in [-0.1, -0.05) is 0 Å². The number of hydrogen-bond acceptors (Lipinski definition) is 7. The number of H-pyrrole nitrogens is 1. The molecule has 0 aliphatic rings. The Hall–Kier alpha value is -2.74. The molecule has 0 aliphatic carbocycles. The normalized spacial score (nSPS) is 11.2. The number of aromatic amines is 1. The number of likely N-dealkylation sites (N-methyl/N-ethyl adjacent to an activating group) is 1. The molecule has 0 amide bonds. The molecule has 0 saturated heterocycles. The van der Waals surface area contributed by atoms with E-state index in [0.29, 0.717) is 6.42 Å². The van der Waals surface area contributed by atoms with E-state index in [1.54, 1.807) is 19.6 Å². The highest BCUT2D eigenvalue weighted by Gasteiger charge is 2.17. The summed E-state index contributed by atoms with van der Waals surface area (Å²) in [5, 5.41) is 28.9. The van der Waals surface area contributed by atoms with Crippen LogP contribution in [0.3, 0.4) is 0 Å². The Kier molecular flexibility index (Phi) is 6.71. The lowest BCUT2D eigenvalue weighted by molar-refractivity contribution is -0.142. The van der Waals surface area contributed by atoms with Crippen molar-refractivity contribution in [2.24, 2.45) is 0 Å². The molecule has 0 bridgehead atoms. The van der Waals surface area contributed by atoms with Crippen LogP contribution < -0.4 is 5.32 Å². The van der Waals surface area contributed by atoms with E-state index < -0.39 is 0 Å². The third-order valence-corrected chi connectivity index (χ3v) is 2.70. The average Bonchev–Trinajstić information content (AvgIpc) is 2.96. The summed E-state index contributed by atoms with van der Waals surface area (Å²) in [5.74, 6) is -0.704. The van der Waals surface area contributed by atoms with Gasteiger partial charge in [-0.15, -0.1) is 0 Å². The highest BCUT2D eigenvalue weighted by molar-refractivity contribution is 5.75. The molecule has 2 rings (SSSR count). The first-order valence-corrected chi connectivity index (χ1v) is 6.40. The highest BCUT2D eigenvalue weighted by atomic mass is 16.5. The lowest BCUT2D eigenvalue weighted by Gasteiger charge is -2.11. The minimum absolute atomic E-state index is 0.146. The number of esters is 1. The molecule has 8 heteroatoms. The van der Waals surface area contributed by atoms with Crippen molar-refractivity contribution >= 4 is 5.97 Å². The van der Waals surface area contributed by atoms with Crippen LogP contribution in [0.5, 0.6) is 17.2 Å². The average molecular weight is 309 g/mol. The largest absolute Gasteiger partial charge is 0.508 e. The van der Waals surface area contributed by atoms with Crippen LogP contribution in [0.2, 0.25) is 0 Å². The Morgan fingerprint density at radius 1 is 1.27 bits per heavy atom. The lowest BCUT2D eigenvalue weighted by Crippen LogP contribution is -2.36. The van der Waals surface area contributed by atoms with Gasteiger partial charge in [0, 0.05) is 36.5 Å². The Bertz CT molecular complexity index is 536. The minimum Gasteiger partial charge on any atom is -0.508 e. The number of aromatic hydroxyl groups is 3. The predicted octanol–water partition coefficient (Wildman–Crippen LogP) is 0.517. The van der Waals surface area contributed by atoms with Crippen molar-refractivity contribution < 1.29 is 24.9 Å². The summed E-state index contributed by atoms with van der Waals surface area (Å²) in [5.41, 5.74) is 0.907. The summed E-state index contributed by atoms with van der Waals surface area (Å²) in [6.07, 6.45) is 3.83. The van der Waals surface area contributed by atoms with E-state index in [9.17, 15) is 4.79 Å². The van der Waals surface area contributed by atoms with Gasteiger partial charge in [0.1, 0.15) is 23.3 Å². The standard InChI is InChI=1S/C8H13N3O2.C6H6O3/c1-9-7(8(12)13-2)3-6-4-10-5-11-6;7-4-1-5(8)3-6(9)2-4/h4-5,7,9H,3H2,1-2H3,(H,10,11);1-3,7-9H. The van der Waals surface area contributed by atoms with Gasteiger partial charge in [-0.2, -0.15) is 0 Å². The van der Waals surface area contributed by atoms with Crippen LogP contribution in [0.1, 0.15) is 5.69 Å². The number of phenols is 3. The number of ether oxygens (including phenoxy) is 1. The quantitative estimate of drug-likeness (QED) is 0.521. The van der Waals surface area contributed by atoms with Gasteiger partial charge < -0.3 is 30.4 Å². The van der Waals surface area contributed by atoms with Crippen molar-refractivity contribution in [2.75, 3.05) is 14.2 Å². The van der Waals surface area contributed by atoms with E-state index in [-0.39, 0.29) is 29.3 Å². The van der Waals surface area contributed by atoms with Crippen molar-refractivity contribution in [3.8, 4) is 17.2 Å². The second-order valence-electron chi connectivity index (χ2n) is 4.35. The minimum atomic E-state index is -0.314. The fraction of sp³-hybridized carbons (Fsp3) is 0.286.